The third kappa shape index (κ3) is 4.93. The highest BCUT2D eigenvalue weighted by Crippen LogP contribution is 2.05. The van der Waals surface area contributed by atoms with E-state index in [1.165, 1.54) is 44.7 Å². The Kier molecular flexibility index (Phi) is 5.82. The van der Waals surface area contributed by atoms with E-state index in [1.807, 2.05) is 17.9 Å². The third-order valence-electron chi connectivity index (χ3n) is 3.87. The van der Waals surface area contributed by atoms with E-state index in [2.05, 4.69) is 21.1 Å². The minimum atomic E-state index is 0.824. The molecule has 19 heavy (non-hydrogen) atoms. The summed E-state index contributed by atoms with van der Waals surface area (Å²) in [6.45, 7) is 8.00. The second-order valence-corrected chi connectivity index (χ2v) is 5.45. The molecule has 0 aliphatic carbocycles. The van der Waals surface area contributed by atoms with E-state index in [-0.39, 0.29) is 0 Å². The van der Waals surface area contributed by atoms with E-state index >= 15 is 0 Å². The van der Waals surface area contributed by atoms with Crippen LogP contribution in [0.4, 0.5) is 0 Å². The van der Waals surface area contributed by atoms with Gasteiger partial charge < -0.3 is 15.5 Å². The van der Waals surface area contributed by atoms with Gasteiger partial charge in [-0.2, -0.15) is 5.10 Å². The van der Waals surface area contributed by atoms with Crippen LogP contribution >= 0.6 is 0 Å². The molecule has 1 aliphatic rings. The molecule has 2 N–H and O–H groups in total. The molecule has 0 unspecified atom stereocenters. The zero-order valence-corrected chi connectivity index (χ0v) is 12.1. The summed E-state index contributed by atoms with van der Waals surface area (Å²) >= 11 is 0. The molecule has 1 fully saturated rings. The van der Waals surface area contributed by atoms with Crippen LogP contribution in [0.5, 0.6) is 0 Å². The lowest BCUT2D eigenvalue weighted by atomic mass is 10.2. The first-order chi connectivity index (χ1) is 9.28. The minimum absolute atomic E-state index is 0.824. The number of aromatic nitrogens is 2. The van der Waals surface area contributed by atoms with Crippen LogP contribution in [-0.2, 0) is 13.5 Å². The monoisotopic (exact) mass is 265 g/mol. The number of rotatable bonds is 7. The second kappa shape index (κ2) is 7.62. The first-order valence-electron chi connectivity index (χ1n) is 7.40. The second-order valence-electron chi connectivity index (χ2n) is 5.45. The zero-order valence-electron chi connectivity index (χ0n) is 12.1. The molecule has 0 bridgehead atoms. The number of nitrogens with two attached hydrogens (primary N) is 1. The maximum atomic E-state index is 5.53. The minimum Gasteiger partial charge on any atom is -0.330 e. The van der Waals surface area contributed by atoms with Crippen LogP contribution in [-0.4, -0.2) is 65.4 Å². The molecule has 0 radical (unpaired) electrons. The van der Waals surface area contributed by atoms with Crippen molar-refractivity contribution in [2.45, 2.75) is 19.3 Å². The van der Waals surface area contributed by atoms with Crippen molar-refractivity contribution in [3.05, 3.63) is 18.0 Å². The third-order valence-corrected chi connectivity index (χ3v) is 3.87. The predicted molar refractivity (Wildman–Crippen MR) is 78.1 cm³/mol. The summed E-state index contributed by atoms with van der Waals surface area (Å²) in [5.41, 5.74) is 6.87. The fraction of sp³-hybridized carbons (Fsp3) is 0.786. The lowest BCUT2D eigenvalue weighted by molar-refractivity contribution is 0.132. The molecule has 108 valence electrons. The fourth-order valence-corrected chi connectivity index (χ4v) is 2.60. The van der Waals surface area contributed by atoms with Gasteiger partial charge in [0.25, 0.3) is 0 Å². The lowest BCUT2D eigenvalue weighted by Gasteiger charge is -2.34. The topological polar surface area (TPSA) is 50.3 Å². The zero-order chi connectivity index (χ0) is 13.5. The summed E-state index contributed by atoms with van der Waals surface area (Å²) in [5, 5.41) is 4.21. The summed E-state index contributed by atoms with van der Waals surface area (Å²) in [4.78, 5) is 5.13. The number of hydrogen-bond donors (Lipinski definition) is 1. The number of unbranched alkanes of at least 4 members (excludes halogenated alkanes) is 1. The summed E-state index contributed by atoms with van der Waals surface area (Å²) in [5.74, 6) is 0. The number of hydrogen-bond acceptors (Lipinski definition) is 4. The summed E-state index contributed by atoms with van der Waals surface area (Å²) in [6, 6.07) is 0. The predicted octanol–water partition coefficient (Wildman–Crippen LogP) is 0.319. The first kappa shape index (κ1) is 14.5. The molecule has 1 aliphatic heterocycles. The quantitative estimate of drug-likeness (QED) is 0.721. The fourth-order valence-electron chi connectivity index (χ4n) is 2.60. The van der Waals surface area contributed by atoms with Crippen LogP contribution in [0.15, 0.2) is 12.4 Å². The molecule has 1 saturated heterocycles. The Morgan fingerprint density at radius 3 is 2.37 bits per heavy atom. The van der Waals surface area contributed by atoms with Gasteiger partial charge in [-0.3, -0.25) is 4.68 Å². The molecule has 0 spiro atoms. The smallest absolute Gasteiger partial charge is 0.0522 e. The molecule has 0 aromatic carbocycles. The molecule has 5 heteroatoms. The van der Waals surface area contributed by atoms with Crippen LogP contribution in [0.1, 0.15) is 18.4 Å². The SMILES string of the molecule is Cn1cc(CCN2CCN(CCCCN)CC2)cn1. The Morgan fingerprint density at radius 2 is 1.79 bits per heavy atom. The van der Waals surface area contributed by atoms with Gasteiger partial charge in [-0.05, 0) is 37.9 Å². The van der Waals surface area contributed by atoms with E-state index in [4.69, 9.17) is 5.73 Å². The van der Waals surface area contributed by atoms with Crippen LogP contribution in [0.2, 0.25) is 0 Å². The normalized spacial score (nSPS) is 18.0. The Labute approximate surface area is 116 Å². The van der Waals surface area contributed by atoms with Gasteiger partial charge in [0.05, 0.1) is 6.20 Å². The maximum absolute atomic E-state index is 5.53. The standard InChI is InChI=1S/C14H27N5/c1-17-13-14(12-16-17)4-7-19-10-8-18(9-11-19)6-3-2-5-15/h12-13H,2-11,15H2,1H3. The van der Waals surface area contributed by atoms with Crippen molar-refractivity contribution < 1.29 is 0 Å². The van der Waals surface area contributed by atoms with Crippen molar-refractivity contribution in [1.82, 2.24) is 19.6 Å². The molecule has 0 saturated carbocycles. The molecule has 0 amide bonds. The van der Waals surface area contributed by atoms with Crippen LogP contribution in [0, 0.1) is 0 Å². The average molecular weight is 265 g/mol. The van der Waals surface area contributed by atoms with Crippen molar-refractivity contribution in [3.8, 4) is 0 Å². The molecule has 5 nitrogen and oxygen atoms in total. The molecule has 1 aromatic heterocycles. The van der Waals surface area contributed by atoms with Gasteiger partial charge in [0.2, 0.25) is 0 Å². The van der Waals surface area contributed by atoms with Gasteiger partial charge >= 0.3 is 0 Å². The van der Waals surface area contributed by atoms with E-state index in [0.29, 0.717) is 0 Å². The molecule has 2 heterocycles. The van der Waals surface area contributed by atoms with Gasteiger partial charge in [-0.25, -0.2) is 0 Å². The lowest BCUT2D eigenvalue weighted by Crippen LogP contribution is -2.47. The van der Waals surface area contributed by atoms with Crippen LogP contribution in [0.25, 0.3) is 0 Å². The van der Waals surface area contributed by atoms with Gasteiger partial charge in [0, 0.05) is 46.0 Å². The summed E-state index contributed by atoms with van der Waals surface area (Å²) < 4.78 is 1.88. The summed E-state index contributed by atoms with van der Waals surface area (Å²) in [7, 11) is 1.98. The highest BCUT2D eigenvalue weighted by molar-refractivity contribution is 5.04. The Balaban J connectivity index is 1.60. The van der Waals surface area contributed by atoms with Crippen molar-refractivity contribution >= 4 is 0 Å². The first-order valence-corrected chi connectivity index (χ1v) is 7.40. The maximum Gasteiger partial charge on any atom is 0.0522 e. The van der Waals surface area contributed by atoms with Gasteiger partial charge in [0.1, 0.15) is 0 Å². The van der Waals surface area contributed by atoms with Crippen molar-refractivity contribution in [2.24, 2.45) is 12.8 Å². The van der Waals surface area contributed by atoms with E-state index in [0.717, 1.165) is 25.9 Å². The molecular weight excluding hydrogens is 238 g/mol. The largest absolute Gasteiger partial charge is 0.330 e. The van der Waals surface area contributed by atoms with Gasteiger partial charge in [-0.15, -0.1) is 0 Å². The Morgan fingerprint density at radius 1 is 1.11 bits per heavy atom. The average Bonchev–Trinajstić information content (AvgIpc) is 2.84. The van der Waals surface area contributed by atoms with Crippen LogP contribution in [0.3, 0.4) is 0 Å². The van der Waals surface area contributed by atoms with E-state index in [1.54, 1.807) is 0 Å². The van der Waals surface area contributed by atoms with Gasteiger partial charge in [-0.1, -0.05) is 0 Å². The number of nitrogens with zero attached hydrogens (tertiary/aromatic N) is 4. The van der Waals surface area contributed by atoms with Crippen LogP contribution < -0.4 is 5.73 Å². The highest BCUT2D eigenvalue weighted by Gasteiger charge is 2.15. The number of aryl methyl sites for hydroxylation is 1. The van der Waals surface area contributed by atoms with Gasteiger partial charge in [0.15, 0.2) is 0 Å². The number of piperazine rings is 1. The molecule has 0 atom stereocenters. The Bertz CT molecular complexity index is 354. The molecule has 2 rings (SSSR count). The van der Waals surface area contributed by atoms with Crippen molar-refractivity contribution in [3.63, 3.8) is 0 Å². The molecule has 1 aromatic rings. The van der Waals surface area contributed by atoms with E-state index < -0.39 is 0 Å². The highest BCUT2D eigenvalue weighted by atomic mass is 15.3. The summed E-state index contributed by atoms with van der Waals surface area (Å²) in [6.07, 6.45) is 7.60. The molecular formula is C14H27N5. The van der Waals surface area contributed by atoms with E-state index in [9.17, 15) is 0 Å². The van der Waals surface area contributed by atoms with Crippen molar-refractivity contribution in [1.29, 1.82) is 0 Å². The Hall–Kier alpha value is -0.910. The van der Waals surface area contributed by atoms with Crippen molar-refractivity contribution in [2.75, 3.05) is 45.8 Å².